The monoisotopic (exact) mass is 490 g/mol. The van der Waals surface area contributed by atoms with Crippen molar-refractivity contribution in [2.24, 2.45) is 0 Å². The van der Waals surface area contributed by atoms with Crippen LogP contribution in [0, 0.1) is 0 Å². The van der Waals surface area contributed by atoms with Gasteiger partial charge in [0.2, 0.25) is 15.9 Å². The van der Waals surface area contributed by atoms with Gasteiger partial charge in [0.15, 0.2) is 0 Å². The van der Waals surface area contributed by atoms with Crippen LogP contribution in [0.15, 0.2) is 57.9 Å². The van der Waals surface area contributed by atoms with Crippen LogP contribution in [0.25, 0.3) is 0 Å². The second kappa shape index (κ2) is 8.45. The van der Waals surface area contributed by atoms with Gasteiger partial charge in [-0.2, -0.15) is 13.2 Å². The molecule has 0 radical (unpaired) electrons. The molecule has 1 aliphatic heterocycles. The first-order chi connectivity index (χ1) is 13.6. The molecule has 1 aliphatic rings. The van der Waals surface area contributed by atoms with Gasteiger partial charge < -0.3 is 4.90 Å². The Balaban J connectivity index is 1.95. The Labute approximate surface area is 175 Å². The van der Waals surface area contributed by atoms with Crippen LogP contribution in [0.4, 0.5) is 13.2 Å². The minimum Gasteiger partial charge on any atom is -0.341 e. The maximum atomic E-state index is 13.1. The molecular formula is C19H18BrF3N2O3S. The smallest absolute Gasteiger partial charge is 0.341 e. The predicted molar refractivity (Wildman–Crippen MR) is 104 cm³/mol. The summed E-state index contributed by atoms with van der Waals surface area (Å²) in [7, 11) is -4.02. The predicted octanol–water partition coefficient (Wildman–Crippen LogP) is 4.11. The van der Waals surface area contributed by atoms with Crippen molar-refractivity contribution in [1.29, 1.82) is 0 Å². The van der Waals surface area contributed by atoms with Crippen LogP contribution < -0.4 is 4.72 Å². The molecule has 1 N–H and O–H groups in total. The number of alkyl halides is 3. The number of sulfonamides is 1. The highest BCUT2D eigenvalue weighted by molar-refractivity contribution is 9.10. The van der Waals surface area contributed by atoms with Gasteiger partial charge in [-0.25, -0.2) is 13.1 Å². The first-order valence-electron chi connectivity index (χ1n) is 8.79. The summed E-state index contributed by atoms with van der Waals surface area (Å²) in [5, 5.41) is 0. The number of amides is 1. The van der Waals surface area contributed by atoms with E-state index in [1.807, 2.05) is 0 Å². The van der Waals surface area contributed by atoms with Gasteiger partial charge in [0, 0.05) is 24.0 Å². The van der Waals surface area contributed by atoms with E-state index < -0.39 is 27.8 Å². The highest BCUT2D eigenvalue weighted by Crippen LogP contribution is 2.31. The average Bonchev–Trinajstić information content (AvgIpc) is 3.05. The lowest BCUT2D eigenvalue weighted by Gasteiger charge is -2.25. The minimum atomic E-state index is -4.56. The molecule has 1 saturated heterocycles. The largest absolute Gasteiger partial charge is 0.416 e. The molecule has 0 spiro atoms. The van der Waals surface area contributed by atoms with Crippen molar-refractivity contribution in [2.45, 2.75) is 30.0 Å². The van der Waals surface area contributed by atoms with Crippen LogP contribution in [0.5, 0.6) is 0 Å². The summed E-state index contributed by atoms with van der Waals surface area (Å²) in [4.78, 5) is 13.4. The van der Waals surface area contributed by atoms with Crippen molar-refractivity contribution >= 4 is 31.9 Å². The van der Waals surface area contributed by atoms with Crippen LogP contribution >= 0.6 is 15.9 Å². The van der Waals surface area contributed by atoms with Gasteiger partial charge in [0.1, 0.15) is 0 Å². The number of hydrogen-bond acceptors (Lipinski definition) is 3. The van der Waals surface area contributed by atoms with Crippen molar-refractivity contribution in [3.05, 3.63) is 64.1 Å². The first-order valence-corrected chi connectivity index (χ1v) is 11.1. The minimum absolute atomic E-state index is 0.0228. The van der Waals surface area contributed by atoms with Crippen LogP contribution in [-0.2, 0) is 21.0 Å². The van der Waals surface area contributed by atoms with E-state index in [0.29, 0.717) is 23.9 Å². The third-order valence-electron chi connectivity index (χ3n) is 4.61. The quantitative estimate of drug-likeness (QED) is 0.662. The molecule has 3 rings (SSSR count). The summed E-state index contributed by atoms with van der Waals surface area (Å²) >= 11 is 3.23. The lowest BCUT2D eigenvalue weighted by Crippen LogP contribution is -2.38. The van der Waals surface area contributed by atoms with Crippen LogP contribution in [0.2, 0.25) is 0 Å². The molecule has 0 aromatic heterocycles. The van der Waals surface area contributed by atoms with Crippen molar-refractivity contribution in [3.8, 4) is 0 Å². The molecule has 1 amide bonds. The standard InChI is InChI=1S/C19H18BrF3N2O3S/c20-15-6-8-16(9-7-15)29(27,28)24-17(12-25-10-2-5-18(25)26)13-3-1-4-14(11-13)19(21,22)23/h1,3-4,6-9,11,17,24H,2,5,10,12H2. The highest BCUT2D eigenvalue weighted by atomic mass is 79.9. The maximum Gasteiger partial charge on any atom is 0.416 e. The molecule has 0 saturated carbocycles. The molecule has 156 valence electrons. The number of rotatable bonds is 6. The van der Waals surface area contributed by atoms with Crippen LogP contribution in [-0.4, -0.2) is 32.3 Å². The van der Waals surface area contributed by atoms with Gasteiger partial charge in [-0.05, 0) is 48.4 Å². The Kier molecular flexibility index (Phi) is 6.35. The lowest BCUT2D eigenvalue weighted by atomic mass is 10.0. The molecule has 1 unspecified atom stereocenters. The fraction of sp³-hybridized carbons (Fsp3) is 0.316. The second-order valence-electron chi connectivity index (χ2n) is 6.69. The Bertz CT molecular complexity index is 995. The zero-order valence-electron chi connectivity index (χ0n) is 15.1. The fourth-order valence-electron chi connectivity index (χ4n) is 3.13. The van der Waals surface area contributed by atoms with E-state index in [9.17, 15) is 26.4 Å². The van der Waals surface area contributed by atoms with E-state index in [1.54, 1.807) is 12.1 Å². The second-order valence-corrected chi connectivity index (χ2v) is 9.32. The Hall–Kier alpha value is -1.91. The van der Waals surface area contributed by atoms with Gasteiger partial charge in [-0.3, -0.25) is 4.79 Å². The normalized spacial score (nSPS) is 16.3. The van der Waals surface area contributed by atoms with Crippen LogP contribution in [0.3, 0.4) is 0 Å². The van der Waals surface area contributed by atoms with Gasteiger partial charge in [-0.1, -0.05) is 28.1 Å². The van der Waals surface area contributed by atoms with E-state index in [2.05, 4.69) is 20.7 Å². The van der Waals surface area contributed by atoms with E-state index >= 15 is 0 Å². The molecule has 1 heterocycles. The summed E-state index contributed by atoms with van der Waals surface area (Å²) in [5.41, 5.74) is -0.740. The third-order valence-corrected chi connectivity index (χ3v) is 6.63. The summed E-state index contributed by atoms with van der Waals surface area (Å²) in [6.45, 7) is 0.393. The van der Waals surface area contributed by atoms with Gasteiger partial charge in [0.05, 0.1) is 16.5 Å². The van der Waals surface area contributed by atoms with Crippen molar-refractivity contribution in [2.75, 3.05) is 13.1 Å². The molecule has 5 nitrogen and oxygen atoms in total. The van der Waals surface area contributed by atoms with Gasteiger partial charge >= 0.3 is 6.18 Å². The number of hydrogen-bond donors (Lipinski definition) is 1. The number of halogens is 4. The average molecular weight is 491 g/mol. The van der Waals surface area contributed by atoms with E-state index in [-0.39, 0.29) is 22.9 Å². The summed E-state index contributed by atoms with van der Waals surface area (Å²) in [5.74, 6) is -0.148. The van der Waals surface area contributed by atoms with Gasteiger partial charge in [0.25, 0.3) is 0 Å². The molecule has 10 heteroatoms. The number of carbonyl (C=O) groups excluding carboxylic acids is 1. The Morgan fingerprint density at radius 2 is 1.83 bits per heavy atom. The lowest BCUT2D eigenvalue weighted by molar-refractivity contribution is -0.137. The molecule has 2 aromatic carbocycles. The number of benzene rings is 2. The first kappa shape index (κ1) is 21.8. The van der Waals surface area contributed by atoms with Crippen molar-refractivity contribution in [3.63, 3.8) is 0 Å². The van der Waals surface area contributed by atoms with Crippen molar-refractivity contribution in [1.82, 2.24) is 9.62 Å². The highest BCUT2D eigenvalue weighted by Gasteiger charge is 2.33. The van der Waals surface area contributed by atoms with E-state index in [4.69, 9.17) is 0 Å². The summed E-state index contributed by atoms with van der Waals surface area (Å²) < 4.78 is 68.2. The Morgan fingerprint density at radius 1 is 1.14 bits per heavy atom. The number of nitrogens with zero attached hydrogens (tertiary/aromatic N) is 1. The number of likely N-dealkylation sites (tertiary alicyclic amines) is 1. The molecule has 1 atom stereocenters. The van der Waals surface area contributed by atoms with Gasteiger partial charge in [-0.15, -0.1) is 0 Å². The number of nitrogens with one attached hydrogen (secondary N) is 1. The molecule has 0 aliphatic carbocycles. The third kappa shape index (κ3) is 5.37. The topological polar surface area (TPSA) is 66.5 Å². The molecule has 0 bridgehead atoms. The SMILES string of the molecule is O=C1CCCN1CC(NS(=O)(=O)c1ccc(Br)cc1)c1cccc(C(F)(F)F)c1. The molecule has 1 fully saturated rings. The molecule has 2 aromatic rings. The molecular weight excluding hydrogens is 473 g/mol. The van der Waals surface area contributed by atoms with Crippen LogP contribution in [0.1, 0.15) is 30.0 Å². The summed E-state index contributed by atoms with van der Waals surface area (Å²) in [6, 6.07) is 9.34. The maximum absolute atomic E-state index is 13.1. The van der Waals surface area contributed by atoms with E-state index in [1.165, 1.54) is 29.2 Å². The molecule has 29 heavy (non-hydrogen) atoms. The van der Waals surface area contributed by atoms with Crippen molar-refractivity contribution < 1.29 is 26.4 Å². The zero-order chi connectivity index (χ0) is 21.2. The zero-order valence-corrected chi connectivity index (χ0v) is 17.5. The van der Waals surface area contributed by atoms with E-state index in [0.717, 1.165) is 12.1 Å². The number of carbonyl (C=O) groups is 1. The summed E-state index contributed by atoms with van der Waals surface area (Å²) in [6.07, 6.45) is -3.59. The Morgan fingerprint density at radius 3 is 2.41 bits per heavy atom. The fourth-order valence-corrected chi connectivity index (χ4v) is 4.61.